The summed E-state index contributed by atoms with van der Waals surface area (Å²) in [5.74, 6) is 0.739. The van der Waals surface area contributed by atoms with Crippen molar-refractivity contribution in [2.24, 2.45) is 5.92 Å². The highest BCUT2D eigenvalue weighted by atomic mass is 15.3. The molecule has 1 aromatic rings. The summed E-state index contributed by atoms with van der Waals surface area (Å²) in [5, 5.41) is 8.37. The minimum atomic E-state index is 0.739. The lowest BCUT2D eigenvalue weighted by atomic mass is 10.1. The van der Waals surface area contributed by atoms with E-state index >= 15 is 0 Å². The Morgan fingerprint density at radius 3 is 2.40 bits per heavy atom. The molecule has 3 heteroatoms. The topological polar surface area (TPSA) is 29.9 Å². The van der Waals surface area contributed by atoms with Crippen LogP contribution in [0.25, 0.3) is 0 Å². The number of aromatic nitrogens is 2. The monoisotopic (exact) mass is 279 g/mol. The molecule has 0 unspecified atom stereocenters. The Labute approximate surface area is 125 Å². The lowest BCUT2D eigenvalue weighted by Crippen LogP contribution is -2.18. The highest BCUT2D eigenvalue weighted by Gasteiger charge is 2.15. The summed E-state index contributed by atoms with van der Waals surface area (Å²) in [7, 11) is 0. The van der Waals surface area contributed by atoms with Crippen LogP contribution in [0.4, 0.5) is 0 Å². The molecule has 0 atom stereocenters. The number of aryl methyl sites for hydroxylation is 2. The van der Waals surface area contributed by atoms with Crippen LogP contribution in [-0.4, -0.2) is 22.9 Å². The third-order valence-corrected chi connectivity index (χ3v) is 3.82. The van der Waals surface area contributed by atoms with Gasteiger partial charge in [0.15, 0.2) is 0 Å². The maximum atomic E-state index is 4.86. The van der Waals surface area contributed by atoms with Gasteiger partial charge in [0.2, 0.25) is 0 Å². The van der Waals surface area contributed by atoms with Gasteiger partial charge in [-0.2, -0.15) is 5.10 Å². The Bertz CT molecular complexity index is 380. The molecular weight excluding hydrogens is 246 g/mol. The molecule has 1 aromatic heterocycles. The van der Waals surface area contributed by atoms with Crippen LogP contribution in [0.3, 0.4) is 0 Å². The van der Waals surface area contributed by atoms with E-state index in [-0.39, 0.29) is 0 Å². The van der Waals surface area contributed by atoms with Crippen molar-refractivity contribution in [2.45, 2.75) is 73.3 Å². The minimum Gasteiger partial charge on any atom is -0.316 e. The molecular formula is C17H33N3. The Morgan fingerprint density at radius 2 is 1.85 bits per heavy atom. The van der Waals surface area contributed by atoms with Crippen LogP contribution in [0, 0.1) is 5.92 Å². The van der Waals surface area contributed by atoms with Gasteiger partial charge in [0.1, 0.15) is 0 Å². The van der Waals surface area contributed by atoms with Crippen LogP contribution in [0.15, 0.2) is 0 Å². The zero-order valence-corrected chi connectivity index (χ0v) is 14.1. The van der Waals surface area contributed by atoms with Crippen LogP contribution in [-0.2, 0) is 25.8 Å². The van der Waals surface area contributed by atoms with Crippen LogP contribution in [0.2, 0.25) is 0 Å². The lowest BCUT2D eigenvalue weighted by Gasteiger charge is -2.10. The van der Waals surface area contributed by atoms with Crippen molar-refractivity contribution in [3.05, 3.63) is 17.0 Å². The molecule has 0 bridgehead atoms. The van der Waals surface area contributed by atoms with E-state index < -0.39 is 0 Å². The highest BCUT2D eigenvalue weighted by molar-refractivity contribution is 5.27. The van der Waals surface area contributed by atoms with E-state index in [1.54, 1.807) is 0 Å². The highest BCUT2D eigenvalue weighted by Crippen LogP contribution is 2.18. The first-order valence-corrected chi connectivity index (χ1v) is 8.42. The van der Waals surface area contributed by atoms with Gasteiger partial charge in [-0.15, -0.1) is 0 Å². The average molecular weight is 279 g/mol. The lowest BCUT2D eigenvalue weighted by molar-refractivity contribution is 0.474. The Morgan fingerprint density at radius 1 is 1.10 bits per heavy atom. The van der Waals surface area contributed by atoms with Gasteiger partial charge in [-0.3, -0.25) is 4.68 Å². The Hall–Kier alpha value is -0.830. The fourth-order valence-corrected chi connectivity index (χ4v) is 2.64. The van der Waals surface area contributed by atoms with Crippen molar-refractivity contribution in [2.75, 3.05) is 13.1 Å². The SMILES string of the molecule is CCCNCCc1c(CC)nn(CCC(C)C)c1CC. The number of hydrogen-bond donors (Lipinski definition) is 1. The first kappa shape index (κ1) is 17.2. The van der Waals surface area contributed by atoms with E-state index in [0.29, 0.717) is 0 Å². The molecule has 0 fully saturated rings. The molecule has 1 rings (SSSR count). The summed E-state index contributed by atoms with van der Waals surface area (Å²) in [5.41, 5.74) is 4.27. The van der Waals surface area contributed by atoms with Crippen molar-refractivity contribution in [3.8, 4) is 0 Å². The van der Waals surface area contributed by atoms with E-state index in [0.717, 1.165) is 44.8 Å². The van der Waals surface area contributed by atoms with E-state index in [1.807, 2.05) is 0 Å². The minimum absolute atomic E-state index is 0.739. The molecule has 0 aliphatic rings. The zero-order chi connectivity index (χ0) is 15.0. The average Bonchev–Trinajstić information content (AvgIpc) is 2.78. The van der Waals surface area contributed by atoms with Crippen molar-refractivity contribution in [1.29, 1.82) is 0 Å². The van der Waals surface area contributed by atoms with Gasteiger partial charge in [-0.1, -0.05) is 34.6 Å². The van der Waals surface area contributed by atoms with E-state index in [4.69, 9.17) is 5.10 Å². The molecule has 0 spiro atoms. The summed E-state index contributed by atoms with van der Waals surface area (Å²) < 4.78 is 2.27. The second-order valence-corrected chi connectivity index (χ2v) is 5.98. The maximum absolute atomic E-state index is 4.86. The second kappa shape index (κ2) is 9.17. The number of hydrogen-bond acceptors (Lipinski definition) is 2. The Kier molecular flexibility index (Phi) is 7.90. The van der Waals surface area contributed by atoms with Crippen LogP contribution >= 0.6 is 0 Å². The molecule has 0 aliphatic heterocycles. The number of rotatable bonds is 10. The van der Waals surface area contributed by atoms with Gasteiger partial charge in [0.25, 0.3) is 0 Å². The molecule has 1 heterocycles. The molecule has 1 N–H and O–H groups in total. The summed E-state index contributed by atoms with van der Waals surface area (Å²) in [6.45, 7) is 14.5. The first-order chi connectivity index (χ1) is 9.63. The quantitative estimate of drug-likeness (QED) is 0.663. The predicted octanol–water partition coefficient (Wildman–Crippen LogP) is 3.60. The van der Waals surface area contributed by atoms with Gasteiger partial charge in [0, 0.05) is 12.2 Å². The van der Waals surface area contributed by atoms with Crippen LogP contribution < -0.4 is 5.32 Å². The standard InChI is InChI=1S/C17H33N3/c1-6-11-18-12-9-15-16(7-2)19-20(17(15)8-3)13-10-14(4)5/h14,18H,6-13H2,1-5H3. The molecule has 20 heavy (non-hydrogen) atoms. The zero-order valence-electron chi connectivity index (χ0n) is 14.1. The van der Waals surface area contributed by atoms with Gasteiger partial charge >= 0.3 is 0 Å². The summed E-state index contributed by atoms with van der Waals surface area (Å²) >= 11 is 0. The third kappa shape index (κ3) is 4.93. The van der Waals surface area contributed by atoms with E-state index in [1.165, 1.54) is 29.8 Å². The smallest absolute Gasteiger partial charge is 0.0657 e. The normalized spacial score (nSPS) is 11.5. The van der Waals surface area contributed by atoms with Crippen molar-refractivity contribution < 1.29 is 0 Å². The molecule has 116 valence electrons. The molecule has 0 aliphatic carbocycles. The predicted molar refractivity (Wildman–Crippen MR) is 87.3 cm³/mol. The van der Waals surface area contributed by atoms with Crippen LogP contribution in [0.5, 0.6) is 0 Å². The van der Waals surface area contributed by atoms with E-state index in [2.05, 4.69) is 44.6 Å². The Balaban J connectivity index is 2.78. The summed E-state index contributed by atoms with van der Waals surface area (Å²) in [6, 6.07) is 0. The molecule has 3 nitrogen and oxygen atoms in total. The van der Waals surface area contributed by atoms with Crippen LogP contribution in [0.1, 0.15) is 64.4 Å². The van der Waals surface area contributed by atoms with Crippen molar-refractivity contribution in [1.82, 2.24) is 15.1 Å². The number of nitrogens with one attached hydrogen (secondary N) is 1. The summed E-state index contributed by atoms with van der Waals surface area (Å²) in [6.07, 6.45) is 5.67. The van der Waals surface area contributed by atoms with Gasteiger partial charge in [-0.05, 0) is 56.7 Å². The van der Waals surface area contributed by atoms with Gasteiger partial charge in [-0.25, -0.2) is 0 Å². The fourth-order valence-electron chi connectivity index (χ4n) is 2.64. The van der Waals surface area contributed by atoms with Gasteiger partial charge in [0.05, 0.1) is 5.69 Å². The maximum Gasteiger partial charge on any atom is 0.0657 e. The second-order valence-electron chi connectivity index (χ2n) is 5.98. The molecule has 0 amide bonds. The fraction of sp³-hybridized carbons (Fsp3) is 0.824. The molecule has 0 saturated carbocycles. The third-order valence-electron chi connectivity index (χ3n) is 3.82. The largest absolute Gasteiger partial charge is 0.316 e. The molecule has 0 aromatic carbocycles. The number of nitrogens with zero attached hydrogens (tertiary/aromatic N) is 2. The van der Waals surface area contributed by atoms with Gasteiger partial charge < -0.3 is 5.32 Å². The van der Waals surface area contributed by atoms with E-state index in [9.17, 15) is 0 Å². The molecule has 0 saturated heterocycles. The van der Waals surface area contributed by atoms with Crippen molar-refractivity contribution in [3.63, 3.8) is 0 Å². The molecule has 0 radical (unpaired) electrons. The van der Waals surface area contributed by atoms with Crippen molar-refractivity contribution >= 4 is 0 Å². The summed E-state index contributed by atoms with van der Waals surface area (Å²) in [4.78, 5) is 0. The first-order valence-electron chi connectivity index (χ1n) is 8.42.